The second-order valence-corrected chi connectivity index (χ2v) is 6.70. The smallest absolute Gasteiger partial charge is 0.239 e. The lowest BCUT2D eigenvalue weighted by Crippen LogP contribution is -2.49. The zero-order chi connectivity index (χ0) is 18.5. The Morgan fingerprint density at radius 3 is 2.58 bits per heavy atom. The Morgan fingerprint density at radius 1 is 1.19 bits per heavy atom. The molecule has 0 spiro atoms. The average Bonchev–Trinajstić information content (AvgIpc) is 3.29. The first-order valence-corrected chi connectivity index (χ1v) is 8.87. The number of benzene rings is 1. The maximum atomic E-state index is 13.0. The van der Waals surface area contributed by atoms with Gasteiger partial charge < -0.3 is 10.6 Å². The molecule has 2 heterocycles. The Morgan fingerprint density at radius 2 is 1.92 bits per heavy atom. The fourth-order valence-corrected chi connectivity index (χ4v) is 3.50. The highest BCUT2D eigenvalue weighted by Crippen LogP contribution is 2.27. The number of aromatic nitrogens is 2. The highest BCUT2D eigenvalue weighted by molar-refractivity contribution is 5.86. The van der Waals surface area contributed by atoms with Crippen LogP contribution >= 0.6 is 0 Å². The van der Waals surface area contributed by atoms with E-state index >= 15 is 0 Å². The molecule has 3 rings (SSSR count). The van der Waals surface area contributed by atoms with Gasteiger partial charge in [0, 0.05) is 32.5 Å². The molecule has 7 nitrogen and oxygen atoms in total. The van der Waals surface area contributed by atoms with Crippen LogP contribution in [0.1, 0.15) is 18.4 Å². The van der Waals surface area contributed by atoms with Crippen molar-refractivity contribution >= 4 is 11.8 Å². The molecule has 0 aliphatic carbocycles. The van der Waals surface area contributed by atoms with Crippen LogP contribution in [0, 0.1) is 0 Å². The third-order valence-corrected chi connectivity index (χ3v) is 4.94. The summed E-state index contributed by atoms with van der Waals surface area (Å²) in [4.78, 5) is 28.5. The summed E-state index contributed by atoms with van der Waals surface area (Å²) in [7, 11) is 1.80. The van der Waals surface area contributed by atoms with Crippen molar-refractivity contribution in [3.63, 3.8) is 0 Å². The molecule has 0 unspecified atom stereocenters. The van der Waals surface area contributed by atoms with E-state index in [1.807, 2.05) is 47.5 Å². The van der Waals surface area contributed by atoms with Crippen molar-refractivity contribution in [2.75, 3.05) is 13.6 Å². The van der Waals surface area contributed by atoms with E-state index in [0.717, 1.165) is 5.56 Å². The van der Waals surface area contributed by atoms with Gasteiger partial charge in [0.1, 0.15) is 0 Å². The maximum Gasteiger partial charge on any atom is 0.239 e. The number of carbonyl (C=O) groups is 2. The Bertz CT molecular complexity index is 732. The third-order valence-electron chi connectivity index (χ3n) is 4.94. The number of carbonyl (C=O) groups excluding carboxylic acids is 2. The van der Waals surface area contributed by atoms with E-state index < -0.39 is 6.04 Å². The lowest BCUT2D eigenvalue weighted by Gasteiger charge is -2.30. The molecule has 0 saturated carbocycles. The molecule has 1 fully saturated rings. The molecule has 2 atom stereocenters. The van der Waals surface area contributed by atoms with Crippen molar-refractivity contribution < 1.29 is 9.59 Å². The van der Waals surface area contributed by atoms with E-state index in [1.165, 1.54) is 0 Å². The summed E-state index contributed by atoms with van der Waals surface area (Å²) < 4.78 is 1.80. The number of primary amides is 1. The molecule has 2 aromatic rings. The van der Waals surface area contributed by atoms with E-state index in [-0.39, 0.29) is 17.9 Å². The van der Waals surface area contributed by atoms with Gasteiger partial charge in [-0.25, -0.2) is 0 Å². The van der Waals surface area contributed by atoms with Crippen molar-refractivity contribution in [2.24, 2.45) is 5.73 Å². The number of likely N-dealkylation sites (N-methyl/N-ethyl adjacent to an activating group) is 1. The predicted octanol–water partition coefficient (Wildman–Crippen LogP) is 0.860. The van der Waals surface area contributed by atoms with Gasteiger partial charge >= 0.3 is 0 Å². The topological polar surface area (TPSA) is 84.5 Å². The summed E-state index contributed by atoms with van der Waals surface area (Å²) in [5.74, 6) is -0.340. The van der Waals surface area contributed by atoms with Gasteiger partial charge in [-0.15, -0.1) is 0 Å². The van der Waals surface area contributed by atoms with Gasteiger partial charge in [0.05, 0.1) is 18.6 Å². The van der Waals surface area contributed by atoms with Crippen LogP contribution in [-0.4, -0.2) is 57.1 Å². The number of amides is 2. The largest absolute Gasteiger partial charge is 0.368 e. The highest BCUT2D eigenvalue weighted by atomic mass is 16.2. The molecule has 1 aliphatic rings. The van der Waals surface area contributed by atoms with Crippen LogP contribution in [0.3, 0.4) is 0 Å². The second-order valence-electron chi connectivity index (χ2n) is 6.70. The standard InChI is InChI=1S/C19H25N5O2/c1-22(12-13-23-11-5-10-21-23)19(26)17-9-8-16(18(20)25)24(17)14-15-6-3-2-4-7-15/h2-7,10-11,16-17H,8-9,12-14H2,1H3,(H2,20,25)/t16-,17+/m0/s1. The first kappa shape index (κ1) is 18.1. The number of hydrogen-bond donors (Lipinski definition) is 1. The predicted molar refractivity (Wildman–Crippen MR) is 97.9 cm³/mol. The molecule has 1 aliphatic heterocycles. The minimum Gasteiger partial charge on any atom is -0.368 e. The lowest BCUT2D eigenvalue weighted by atomic mass is 10.1. The first-order chi connectivity index (χ1) is 12.6. The van der Waals surface area contributed by atoms with E-state index in [9.17, 15) is 9.59 Å². The van der Waals surface area contributed by atoms with Crippen LogP contribution in [0.4, 0.5) is 0 Å². The normalized spacial score (nSPS) is 20.2. The van der Waals surface area contributed by atoms with Crippen LogP contribution in [0.2, 0.25) is 0 Å². The van der Waals surface area contributed by atoms with E-state index in [0.29, 0.717) is 32.5 Å². The maximum absolute atomic E-state index is 13.0. The second kappa shape index (κ2) is 8.14. The zero-order valence-electron chi connectivity index (χ0n) is 15.0. The quantitative estimate of drug-likeness (QED) is 0.798. The molecular formula is C19H25N5O2. The van der Waals surface area contributed by atoms with Crippen molar-refractivity contribution in [2.45, 2.75) is 38.0 Å². The monoisotopic (exact) mass is 355 g/mol. The first-order valence-electron chi connectivity index (χ1n) is 8.87. The van der Waals surface area contributed by atoms with Gasteiger partial charge in [-0.1, -0.05) is 30.3 Å². The molecule has 26 heavy (non-hydrogen) atoms. The zero-order valence-corrected chi connectivity index (χ0v) is 15.0. The molecular weight excluding hydrogens is 330 g/mol. The Balaban J connectivity index is 1.69. The van der Waals surface area contributed by atoms with E-state index in [1.54, 1.807) is 22.8 Å². The summed E-state index contributed by atoms with van der Waals surface area (Å²) in [5, 5.41) is 4.16. The van der Waals surface area contributed by atoms with Gasteiger partial charge in [-0.05, 0) is 24.5 Å². The summed E-state index contributed by atoms with van der Waals surface area (Å²) in [6.45, 7) is 1.75. The van der Waals surface area contributed by atoms with Crippen LogP contribution in [0.5, 0.6) is 0 Å². The molecule has 2 amide bonds. The van der Waals surface area contributed by atoms with Crippen molar-refractivity contribution in [1.82, 2.24) is 19.6 Å². The van der Waals surface area contributed by atoms with Gasteiger partial charge in [-0.3, -0.25) is 19.2 Å². The lowest BCUT2D eigenvalue weighted by molar-refractivity contribution is -0.136. The Kier molecular flexibility index (Phi) is 5.68. The van der Waals surface area contributed by atoms with Crippen molar-refractivity contribution in [3.8, 4) is 0 Å². The molecule has 0 radical (unpaired) electrons. The van der Waals surface area contributed by atoms with Crippen molar-refractivity contribution in [1.29, 1.82) is 0 Å². The number of likely N-dealkylation sites (tertiary alicyclic amines) is 1. The van der Waals surface area contributed by atoms with Gasteiger partial charge in [-0.2, -0.15) is 5.10 Å². The van der Waals surface area contributed by atoms with Crippen LogP contribution in [0.25, 0.3) is 0 Å². The van der Waals surface area contributed by atoms with E-state index in [4.69, 9.17) is 5.73 Å². The minimum absolute atomic E-state index is 0.0248. The fourth-order valence-electron chi connectivity index (χ4n) is 3.50. The summed E-state index contributed by atoms with van der Waals surface area (Å²) in [6, 6.07) is 11.0. The molecule has 7 heteroatoms. The summed E-state index contributed by atoms with van der Waals surface area (Å²) in [6.07, 6.45) is 4.85. The van der Waals surface area contributed by atoms with Gasteiger partial charge in [0.25, 0.3) is 0 Å². The van der Waals surface area contributed by atoms with Crippen molar-refractivity contribution in [3.05, 3.63) is 54.4 Å². The third kappa shape index (κ3) is 4.11. The Hall–Kier alpha value is -2.67. The summed E-state index contributed by atoms with van der Waals surface area (Å²) >= 11 is 0. The number of hydrogen-bond acceptors (Lipinski definition) is 4. The van der Waals surface area contributed by atoms with Gasteiger partial charge in [0.15, 0.2) is 0 Å². The van der Waals surface area contributed by atoms with E-state index in [2.05, 4.69) is 5.10 Å². The number of nitrogens with zero attached hydrogens (tertiary/aromatic N) is 4. The van der Waals surface area contributed by atoms with Gasteiger partial charge in [0.2, 0.25) is 11.8 Å². The Labute approximate surface area is 153 Å². The summed E-state index contributed by atoms with van der Waals surface area (Å²) in [5.41, 5.74) is 6.65. The van der Waals surface area contributed by atoms with Crippen LogP contribution < -0.4 is 5.73 Å². The minimum atomic E-state index is -0.399. The molecule has 1 aromatic carbocycles. The molecule has 2 N–H and O–H groups in total. The molecule has 1 aromatic heterocycles. The molecule has 138 valence electrons. The fraction of sp³-hybridized carbons (Fsp3) is 0.421. The number of rotatable bonds is 7. The number of nitrogens with two attached hydrogens (primary N) is 1. The van der Waals surface area contributed by atoms with Crippen LogP contribution in [-0.2, 0) is 22.7 Å². The average molecular weight is 355 g/mol. The SMILES string of the molecule is CN(CCn1cccn1)C(=O)[C@H]1CC[C@@H](C(N)=O)N1Cc1ccccc1. The highest BCUT2D eigenvalue weighted by Gasteiger charge is 2.41. The molecule has 0 bridgehead atoms. The van der Waals surface area contributed by atoms with Crippen LogP contribution in [0.15, 0.2) is 48.8 Å². The molecule has 1 saturated heterocycles.